The monoisotopic (exact) mass is 350 g/mol. The van der Waals surface area contributed by atoms with Crippen molar-refractivity contribution in [3.05, 3.63) is 59.8 Å². The van der Waals surface area contributed by atoms with Gasteiger partial charge in [0.15, 0.2) is 5.76 Å². The van der Waals surface area contributed by atoms with E-state index in [2.05, 4.69) is 10.6 Å². The first-order chi connectivity index (χ1) is 11.7. The van der Waals surface area contributed by atoms with Gasteiger partial charge in [-0.3, -0.25) is 9.59 Å². The molecule has 0 unspecified atom stereocenters. The maximum Gasteiger partial charge on any atom is 0.286 e. The Balaban J connectivity index is 1.52. The van der Waals surface area contributed by atoms with Gasteiger partial charge in [0.2, 0.25) is 5.91 Å². The Bertz CT molecular complexity index is 662. The average molecular weight is 350 g/mol. The number of amides is 2. The number of halogens is 1. The SMILES string of the molecule is O=C(CCNC(=O)c1ccco1)NCCSCc1ccccc1F. The molecular weight excluding hydrogens is 331 g/mol. The summed E-state index contributed by atoms with van der Waals surface area (Å²) >= 11 is 1.55. The molecule has 0 atom stereocenters. The van der Waals surface area contributed by atoms with E-state index >= 15 is 0 Å². The molecule has 0 bridgehead atoms. The zero-order chi connectivity index (χ0) is 17.2. The van der Waals surface area contributed by atoms with Crippen LogP contribution >= 0.6 is 11.8 Å². The molecule has 0 aliphatic rings. The normalized spacial score (nSPS) is 10.4. The number of thioether (sulfide) groups is 1. The van der Waals surface area contributed by atoms with Gasteiger partial charge in [0.1, 0.15) is 5.82 Å². The highest BCUT2D eigenvalue weighted by molar-refractivity contribution is 7.98. The molecule has 2 N–H and O–H groups in total. The van der Waals surface area contributed by atoms with E-state index < -0.39 is 0 Å². The average Bonchev–Trinajstić information content (AvgIpc) is 3.10. The maximum atomic E-state index is 13.4. The van der Waals surface area contributed by atoms with Crippen LogP contribution in [-0.2, 0) is 10.5 Å². The molecule has 0 radical (unpaired) electrons. The van der Waals surface area contributed by atoms with Gasteiger partial charge in [-0.05, 0) is 23.8 Å². The topological polar surface area (TPSA) is 71.3 Å². The van der Waals surface area contributed by atoms with E-state index in [1.54, 1.807) is 42.1 Å². The Kier molecular flexibility index (Phi) is 7.35. The summed E-state index contributed by atoms with van der Waals surface area (Å²) < 4.78 is 18.4. The van der Waals surface area contributed by atoms with Crippen LogP contribution in [0.15, 0.2) is 47.1 Å². The second kappa shape index (κ2) is 9.77. The summed E-state index contributed by atoms with van der Waals surface area (Å²) in [6, 6.07) is 9.84. The van der Waals surface area contributed by atoms with Gasteiger partial charge < -0.3 is 15.1 Å². The zero-order valence-electron chi connectivity index (χ0n) is 13.1. The Hall–Kier alpha value is -2.28. The number of benzene rings is 1. The summed E-state index contributed by atoms with van der Waals surface area (Å²) in [5.74, 6) is 0.802. The molecule has 1 aromatic heterocycles. The van der Waals surface area contributed by atoms with E-state index in [4.69, 9.17) is 4.42 Å². The van der Waals surface area contributed by atoms with Crippen LogP contribution in [0.5, 0.6) is 0 Å². The third kappa shape index (κ3) is 6.08. The van der Waals surface area contributed by atoms with Crippen molar-refractivity contribution < 1.29 is 18.4 Å². The van der Waals surface area contributed by atoms with Gasteiger partial charge in [-0.2, -0.15) is 11.8 Å². The van der Waals surface area contributed by atoms with Crippen molar-refractivity contribution in [3.8, 4) is 0 Å². The van der Waals surface area contributed by atoms with Gasteiger partial charge in [0.25, 0.3) is 5.91 Å². The molecule has 0 saturated carbocycles. The first-order valence-electron chi connectivity index (χ1n) is 7.56. The molecule has 2 amide bonds. The molecule has 0 saturated heterocycles. The smallest absolute Gasteiger partial charge is 0.286 e. The molecule has 2 aromatic rings. The van der Waals surface area contributed by atoms with Crippen LogP contribution < -0.4 is 10.6 Å². The third-order valence-electron chi connectivity index (χ3n) is 3.17. The summed E-state index contributed by atoms with van der Waals surface area (Å²) in [5.41, 5.74) is 0.662. The summed E-state index contributed by atoms with van der Waals surface area (Å²) in [5, 5.41) is 5.37. The Morgan fingerprint density at radius 2 is 1.92 bits per heavy atom. The number of hydrogen-bond acceptors (Lipinski definition) is 4. The van der Waals surface area contributed by atoms with E-state index in [-0.39, 0.29) is 36.4 Å². The van der Waals surface area contributed by atoms with E-state index in [0.29, 0.717) is 23.6 Å². The third-order valence-corrected chi connectivity index (χ3v) is 4.17. The van der Waals surface area contributed by atoms with Crippen LogP contribution in [0.3, 0.4) is 0 Å². The highest BCUT2D eigenvalue weighted by Gasteiger charge is 2.08. The van der Waals surface area contributed by atoms with Crippen molar-refractivity contribution in [3.63, 3.8) is 0 Å². The van der Waals surface area contributed by atoms with E-state index in [0.717, 1.165) is 0 Å². The van der Waals surface area contributed by atoms with Crippen molar-refractivity contribution >= 4 is 23.6 Å². The van der Waals surface area contributed by atoms with Crippen molar-refractivity contribution in [2.45, 2.75) is 12.2 Å². The predicted octanol–water partition coefficient (Wildman–Crippen LogP) is 2.59. The van der Waals surface area contributed by atoms with Gasteiger partial charge in [-0.15, -0.1) is 0 Å². The summed E-state index contributed by atoms with van der Waals surface area (Å²) in [6.45, 7) is 0.748. The second-order valence-corrected chi connectivity index (χ2v) is 6.08. The van der Waals surface area contributed by atoms with Crippen molar-refractivity contribution in [2.24, 2.45) is 0 Å². The van der Waals surface area contributed by atoms with Crippen LogP contribution in [0.4, 0.5) is 4.39 Å². The van der Waals surface area contributed by atoms with Crippen LogP contribution in [-0.4, -0.2) is 30.7 Å². The molecule has 2 rings (SSSR count). The molecule has 7 heteroatoms. The fourth-order valence-electron chi connectivity index (χ4n) is 1.93. The van der Waals surface area contributed by atoms with Crippen LogP contribution in [0.1, 0.15) is 22.5 Å². The molecular formula is C17H19FN2O3S. The predicted molar refractivity (Wildman–Crippen MR) is 91.2 cm³/mol. The maximum absolute atomic E-state index is 13.4. The number of carbonyl (C=O) groups excluding carboxylic acids is 2. The molecule has 0 fully saturated rings. The van der Waals surface area contributed by atoms with E-state index in [1.165, 1.54) is 12.3 Å². The lowest BCUT2D eigenvalue weighted by molar-refractivity contribution is -0.120. The molecule has 1 aromatic carbocycles. The highest BCUT2D eigenvalue weighted by Crippen LogP contribution is 2.14. The van der Waals surface area contributed by atoms with Crippen LogP contribution in [0, 0.1) is 5.82 Å². The Morgan fingerprint density at radius 3 is 2.67 bits per heavy atom. The molecule has 0 aliphatic carbocycles. The first kappa shape index (κ1) is 18.1. The number of carbonyl (C=O) groups is 2. The minimum atomic E-state index is -0.340. The van der Waals surface area contributed by atoms with Gasteiger partial charge in [0.05, 0.1) is 6.26 Å². The minimum Gasteiger partial charge on any atom is -0.459 e. The van der Waals surface area contributed by atoms with Crippen LogP contribution in [0.2, 0.25) is 0 Å². The lowest BCUT2D eigenvalue weighted by Crippen LogP contribution is -2.31. The van der Waals surface area contributed by atoms with Crippen molar-refractivity contribution in [1.82, 2.24) is 10.6 Å². The zero-order valence-corrected chi connectivity index (χ0v) is 13.9. The first-order valence-corrected chi connectivity index (χ1v) is 8.72. The number of furan rings is 1. The summed E-state index contributed by atoms with van der Waals surface area (Å²) in [7, 11) is 0. The molecule has 0 spiro atoms. The van der Waals surface area contributed by atoms with Crippen molar-refractivity contribution in [2.75, 3.05) is 18.8 Å². The fourth-order valence-corrected chi connectivity index (χ4v) is 2.78. The molecule has 128 valence electrons. The van der Waals surface area contributed by atoms with Gasteiger partial charge >= 0.3 is 0 Å². The van der Waals surface area contributed by atoms with Crippen molar-refractivity contribution in [1.29, 1.82) is 0 Å². The van der Waals surface area contributed by atoms with E-state index in [1.807, 2.05) is 0 Å². The molecule has 0 aliphatic heterocycles. The molecule has 24 heavy (non-hydrogen) atoms. The van der Waals surface area contributed by atoms with Crippen LogP contribution in [0.25, 0.3) is 0 Å². The number of nitrogens with one attached hydrogen (secondary N) is 2. The highest BCUT2D eigenvalue weighted by atomic mass is 32.2. The Morgan fingerprint density at radius 1 is 1.08 bits per heavy atom. The molecule has 5 nitrogen and oxygen atoms in total. The lowest BCUT2D eigenvalue weighted by Gasteiger charge is -2.06. The van der Waals surface area contributed by atoms with Gasteiger partial charge in [0, 0.05) is 31.0 Å². The number of hydrogen-bond donors (Lipinski definition) is 2. The Labute approximate surface area is 144 Å². The standard InChI is InChI=1S/C17H19FN2O3S/c18-14-5-2-1-4-13(14)12-24-11-9-19-16(21)7-8-20-17(22)15-6-3-10-23-15/h1-6,10H,7-9,11-12H2,(H,19,21)(H,20,22). The van der Waals surface area contributed by atoms with Gasteiger partial charge in [-0.1, -0.05) is 18.2 Å². The number of rotatable bonds is 9. The molecule has 1 heterocycles. The quantitative estimate of drug-likeness (QED) is 0.682. The summed E-state index contributed by atoms with van der Waals surface area (Å²) in [4.78, 5) is 23.2. The lowest BCUT2D eigenvalue weighted by atomic mass is 10.2. The van der Waals surface area contributed by atoms with E-state index in [9.17, 15) is 14.0 Å². The summed E-state index contributed by atoms with van der Waals surface area (Å²) in [6.07, 6.45) is 1.62. The largest absolute Gasteiger partial charge is 0.459 e. The minimum absolute atomic E-state index is 0.138. The fraction of sp³-hybridized carbons (Fsp3) is 0.294. The second-order valence-electron chi connectivity index (χ2n) is 4.98. The van der Waals surface area contributed by atoms with Gasteiger partial charge in [-0.25, -0.2) is 4.39 Å².